The van der Waals surface area contributed by atoms with E-state index in [4.69, 9.17) is 9.15 Å². The molecule has 1 amide bonds. The normalized spacial score (nSPS) is 16.1. The fourth-order valence-electron chi connectivity index (χ4n) is 4.88. The first kappa shape index (κ1) is 29.4. The Hall–Kier alpha value is -4.67. The number of rotatable bonds is 9. The lowest BCUT2D eigenvalue weighted by Gasteiger charge is -2.20. The number of furan rings is 1. The average molecular weight is 624 g/mol. The number of amides is 1. The van der Waals surface area contributed by atoms with E-state index in [9.17, 15) is 14.7 Å². The highest BCUT2D eigenvalue weighted by Gasteiger charge is 2.49. The van der Waals surface area contributed by atoms with E-state index in [1.807, 2.05) is 38.1 Å². The number of nitrogens with zero attached hydrogens (tertiary/aromatic N) is 3. The highest BCUT2D eigenvalue weighted by molar-refractivity contribution is 8.00. The maximum Gasteiger partial charge on any atom is 0.302 e. The quantitative estimate of drug-likeness (QED) is 0.0590. The number of Topliss-reactive ketones (excluding diaryl/α,β-unsaturated/α-hetero) is 1. The fourth-order valence-corrected chi connectivity index (χ4v) is 6.71. The van der Waals surface area contributed by atoms with Crippen LogP contribution in [0.25, 0.3) is 5.76 Å². The lowest BCUT2D eigenvalue weighted by atomic mass is 9.99. The number of benzene rings is 3. The molecule has 1 aliphatic heterocycles. The van der Waals surface area contributed by atoms with Crippen molar-refractivity contribution in [1.29, 1.82) is 0 Å². The van der Waals surface area contributed by atoms with Crippen LogP contribution in [0, 0.1) is 20.8 Å². The molecule has 0 aliphatic carbocycles. The Kier molecular flexibility index (Phi) is 8.36. The first-order chi connectivity index (χ1) is 21.3. The summed E-state index contributed by atoms with van der Waals surface area (Å²) >= 11 is 2.71. The molecule has 44 heavy (non-hydrogen) atoms. The van der Waals surface area contributed by atoms with Crippen molar-refractivity contribution < 1.29 is 23.8 Å². The summed E-state index contributed by atoms with van der Waals surface area (Å²) in [5, 5.41) is 20.2. The number of anilines is 1. The van der Waals surface area contributed by atoms with Gasteiger partial charge in [-0.2, -0.15) is 0 Å². The number of ether oxygens (including phenoxy) is 1. The van der Waals surface area contributed by atoms with Gasteiger partial charge in [0.1, 0.15) is 35.7 Å². The van der Waals surface area contributed by atoms with Crippen molar-refractivity contribution >= 4 is 45.7 Å². The predicted molar refractivity (Wildman–Crippen MR) is 171 cm³/mol. The number of ketones is 1. The Balaban J connectivity index is 1.28. The Labute approximate surface area is 263 Å². The van der Waals surface area contributed by atoms with Gasteiger partial charge in [0.2, 0.25) is 5.13 Å². The summed E-state index contributed by atoms with van der Waals surface area (Å²) in [5.74, 6) is 0.277. The van der Waals surface area contributed by atoms with Gasteiger partial charge in [0.05, 0.1) is 5.57 Å². The molecule has 1 aliphatic rings. The summed E-state index contributed by atoms with van der Waals surface area (Å²) in [6.07, 6.45) is 0. The number of hydrogen-bond acceptors (Lipinski definition) is 9. The van der Waals surface area contributed by atoms with Gasteiger partial charge in [-0.15, -0.1) is 10.2 Å². The molecule has 10 heteroatoms. The maximum absolute atomic E-state index is 13.5. The van der Waals surface area contributed by atoms with Gasteiger partial charge in [0.15, 0.2) is 4.34 Å². The molecule has 6 rings (SSSR count). The zero-order chi connectivity index (χ0) is 30.8. The van der Waals surface area contributed by atoms with Crippen molar-refractivity contribution in [2.45, 2.75) is 43.5 Å². The minimum atomic E-state index is -1.01. The molecule has 1 fully saturated rings. The van der Waals surface area contributed by atoms with Gasteiger partial charge < -0.3 is 14.3 Å². The third-order valence-corrected chi connectivity index (χ3v) is 9.47. The van der Waals surface area contributed by atoms with Gasteiger partial charge in [-0.1, -0.05) is 77.2 Å². The van der Waals surface area contributed by atoms with Gasteiger partial charge >= 0.3 is 5.91 Å². The van der Waals surface area contributed by atoms with E-state index >= 15 is 0 Å². The second kappa shape index (κ2) is 12.5. The van der Waals surface area contributed by atoms with E-state index in [2.05, 4.69) is 34.5 Å². The SMILES string of the molecule is Cc1ccc(CSc2nnc(N3C(=O)C(=O)C(=C(O)c4ccc(OCc5ccccc5C)cc4)C3c3ccc(C)o3)s2)cc1. The second-order valence-electron chi connectivity index (χ2n) is 10.5. The van der Waals surface area contributed by atoms with Crippen molar-refractivity contribution in [1.82, 2.24) is 10.2 Å². The highest BCUT2D eigenvalue weighted by Crippen LogP contribution is 2.44. The van der Waals surface area contributed by atoms with Crippen molar-refractivity contribution in [3.05, 3.63) is 130 Å². The largest absolute Gasteiger partial charge is 0.507 e. The molecule has 8 nitrogen and oxygen atoms in total. The molecule has 2 aromatic heterocycles. The Bertz CT molecular complexity index is 1860. The van der Waals surface area contributed by atoms with E-state index in [1.165, 1.54) is 33.6 Å². The number of aliphatic hydroxyl groups excluding tert-OH is 1. The number of hydrogen-bond donors (Lipinski definition) is 1. The van der Waals surface area contributed by atoms with Crippen LogP contribution in [0.5, 0.6) is 5.75 Å². The van der Waals surface area contributed by atoms with E-state index in [-0.39, 0.29) is 16.5 Å². The smallest absolute Gasteiger partial charge is 0.302 e. The zero-order valence-electron chi connectivity index (χ0n) is 24.3. The molecule has 0 bridgehead atoms. The number of carbonyl (C=O) groups is 2. The van der Waals surface area contributed by atoms with E-state index in [0.29, 0.717) is 39.5 Å². The predicted octanol–water partition coefficient (Wildman–Crippen LogP) is 7.55. The minimum Gasteiger partial charge on any atom is -0.507 e. The molecule has 1 saturated heterocycles. The number of aromatic nitrogens is 2. The zero-order valence-corrected chi connectivity index (χ0v) is 25.9. The molecular formula is C34H29N3O5S2. The number of aryl methyl sites for hydroxylation is 3. The second-order valence-corrected chi connectivity index (χ2v) is 12.7. The van der Waals surface area contributed by atoms with Crippen molar-refractivity contribution in [3.63, 3.8) is 0 Å². The molecular weight excluding hydrogens is 595 g/mol. The van der Waals surface area contributed by atoms with Gasteiger partial charge in [0, 0.05) is 11.3 Å². The molecule has 222 valence electrons. The Morgan fingerprint density at radius 2 is 1.70 bits per heavy atom. The number of thioether (sulfide) groups is 1. The first-order valence-electron chi connectivity index (χ1n) is 14.0. The number of carbonyl (C=O) groups excluding carboxylic acids is 2. The van der Waals surface area contributed by atoms with Crippen LogP contribution in [0.15, 0.2) is 99.3 Å². The van der Waals surface area contributed by atoms with Gasteiger partial charge in [-0.3, -0.25) is 14.5 Å². The lowest BCUT2D eigenvalue weighted by molar-refractivity contribution is -0.132. The van der Waals surface area contributed by atoms with Crippen LogP contribution in [0.1, 0.15) is 45.4 Å². The third-order valence-electron chi connectivity index (χ3n) is 7.34. The van der Waals surface area contributed by atoms with Crippen LogP contribution >= 0.6 is 23.1 Å². The molecule has 0 spiro atoms. The summed E-state index contributed by atoms with van der Waals surface area (Å²) in [4.78, 5) is 28.2. The maximum atomic E-state index is 13.5. The van der Waals surface area contributed by atoms with Crippen molar-refractivity contribution in [2.24, 2.45) is 0 Å². The molecule has 5 aromatic rings. The van der Waals surface area contributed by atoms with Crippen LogP contribution in [-0.4, -0.2) is 27.0 Å². The molecule has 3 heterocycles. The van der Waals surface area contributed by atoms with Crippen LogP contribution in [-0.2, 0) is 21.9 Å². The standard InChI is InChI=1S/C34H29N3O5S2/c1-20-8-11-23(12-9-20)19-43-34-36-35-33(44-34)37-29(27-17-10-22(3)42-27)28(31(39)32(37)40)30(38)24-13-15-26(16-14-24)41-18-25-7-5-4-6-21(25)2/h4-17,29,38H,18-19H2,1-3H3. The molecule has 3 aromatic carbocycles. The average Bonchev–Trinajstić information content (AvgIpc) is 3.74. The summed E-state index contributed by atoms with van der Waals surface area (Å²) in [5.41, 5.74) is 4.81. The minimum absolute atomic E-state index is 0.0815. The van der Waals surface area contributed by atoms with E-state index in [1.54, 1.807) is 43.3 Å². The summed E-state index contributed by atoms with van der Waals surface area (Å²) in [7, 11) is 0. The Morgan fingerprint density at radius 1 is 0.955 bits per heavy atom. The van der Waals surface area contributed by atoms with Gasteiger partial charge in [0.25, 0.3) is 5.78 Å². The molecule has 0 radical (unpaired) electrons. The third kappa shape index (κ3) is 6.04. The molecule has 0 saturated carbocycles. The monoisotopic (exact) mass is 623 g/mol. The number of aliphatic hydroxyl groups is 1. The summed E-state index contributed by atoms with van der Waals surface area (Å²) in [6.45, 7) is 6.24. The highest BCUT2D eigenvalue weighted by atomic mass is 32.2. The summed E-state index contributed by atoms with van der Waals surface area (Å²) in [6, 6.07) is 25.4. The fraction of sp³-hybridized carbons (Fsp3) is 0.176. The van der Waals surface area contributed by atoms with Crippen LogP contribution in [0.2, 0.25) is 0 Å². The van der Waals surface area contributed by atoms with Crippen LogP contribution < -0.4 is 9.64 Å². The molecule has 1 atom stereocenters. The van der Waals surface area contributed by atoms with Gasteiger partial charge in [-0.25, -0.2) is 0 Å². The van der Waals surface area contributed by atoms with Crippen LogP contribution in [0.3, 0.4) is 0 Å². The molecule has 1 unspecified atom stereocenters. The van der Waals surface area contributed by atoms with Gasteiger partial charge in [-0.05, 0) is 73.9 Å². The lowest BCUT2D eigenvalue weighted by Crippen LogP contribution is -2.29. The van der Waals surface area contributed by atoms with E-state index in [0.717, 1.165) is 16.7 Å². The Morgan fingerprint density at radius 3 is 2.41 bits per heavy atom. The van der Waals surface area contributed by atoms with Crippen molar-refractivity contribution in [3.8, 4) is 5.75 Å². The first-order valence-corrected chi connectivity index (χ1v) is 15.8. The van der Waals surface area contributed by atoms with E-state index < -0.39 is 17.7 Å². The topological polar surface area (TPSA) is 106 Å². The van der Waals surface area contributed by atoms with Crippen LogP contribution in [0.4, 0.5) is 5.13 Å². The van der Waals surface area contributed by atoms with Crippen molar-refractivity contribution in [2.75, 3.05) is 4.90 Å². The summed E-state index contributed by atoms with van der Waals surface area (Å²) < 4.78 is 12.5. The molecule has 1 N–H and O–H groups in total.